The predicted octanol–water partition coefficient (Wildman–Crippen LogP) is -0.000000000000000444. The summed E-state index contributed by atoms with van der Waals surface area (Å²) in [5.74, 6) is 0.694. The molecule has 1 rings (SSSR count). The fraction of sp³-hybridized carbons (Fsp3) is 1.00. The van der Waals surface area contributed by atoms with Gasteiger partial charge in [-0.1, -0.05) is 0 Å². The molecule has 0 aliphatic carbocycles. The van der Waals surface area contributed by atoms with E-state index in [0.717, 1.165) is 0 Å². The van der Waals surface area contributed by atoms with E-state index in [1.807, 2.05) is 6.92 Å². The highest BCUT2D eigenvalue weighted by Crippen LogP contribution is 2.25. The zero-order valence-electron chi connectivity index (χ0n) is 6.82. The van der Waals surface area contributed by atoms with Gasteiger partial charge in [-0.25, -0.2) is 0 Å². The number of hydrogen-bond acceptors (Lipinski definition) is 4. The summed E-state index contributed by atoms with van der Waals surface area (Å²) in [6.45, 7) is 3.72. The van der Waals surface area contributed by atoms with E-state index in [0.29, 0.717) is 11.9 Å². The van der Waals surface area contributed by atoms with Gasteiger partial charge in [0.05, 0.1) is 12.2 Å². The molecule has 0 aromatic heterocycles. The van der Waals surface area contributed by atoms with Crippen molar-refractivity contribution < 1.29 is 9.84 Å². The molecular weight excluding hydrogens is 162 g/mol. The number of ether oxygens (including phenoxy) is 1. The molecule has 4 heteroatoms. The molecule has 1 aliphatic heterocycles. The first-order valence-corrected chi connectivity index (χ1v) is 4.49. The van der Waals surface area contributed by atoms with E-state index in [4.69, 9.17) is 9.84 Å². The Hall–Kier alpha value is 0.230. The largest absolute Gasteiger partial charge is 0.379 e. The SMILES string of the molecule is CC(O)NC(CS)C1OC1C. The minimum atomic E-state index is -0.483. The number of nitrogens with one attached hydrogen (secondary N) is 1. The van der Waals surface area contributed by atoms with E-state index in [9.17, 15) is 0 Å². The Kier molecular flexibility index (Phi) is 3.18. The highest BCUT2D eigenvalue weighted by molar-refractivity contribution is 7.80. The quantitative estimate of drug-likeness (QED) is 0.322. The molecule has 11 heavy (non-hydrogen) atoms. The third-order valence-corrected chi connectivity index (χ3v) is 2.20. The van der Waals surface area contributed by atoms with Crippen LogP contribution in [-0.4, -0.2) is 35.3 Å². The maximum atomic E-state index is 9.02. The van der Waals surface area contributed by atoms with Crippen molar-refractivity contribution in [2.45, 2.75) is 38.3 Å². The van der Waals surface area contributed by atoms with Crippen molar-refractivity contribution in [2.75, 3.05) is 5.75 Å². The van der Waals surface area contributed by atoms with Gasteiger partial charge in [-0.05, 0) is 13.8 Å². The number of hydrogen-bond donors (Lipinski definition) is 3. The molecule has 4 atom stereocenters. The number of aliphatic hydroxyl groups excluding tert-OH is 1. The van der Waals surface area contributed by atoms with Crippen molar-refractivity contribution >= 4 is 12.6 Å². The summed E-state index contributed by atoms with van der Waals surface area (Å²) in [5.41, 5.74) is 0. The van der Waals surface area contributed by atoms with E-state index in [-0.39, 0.29) is 12.1 Å². The Balaban J connectivity index is 2.26. The summed E-state index contributed by atoms with van der Waals surface area (Å²) >= 11 is 4.16. The van der Waals surface area contributed by atoms with Crippen molar-refractivity contribution in [1.29, 1.82) is 0 Å². The summed E-state index contributed by atoms with van der Waals surface area (Å²) in [4.78, 5) is 0. The van der Waals surface area contributed by atoms with Crippen molar-refractivity contribution in [2.24, 2.45) is 0 Å². The molecular formula is C7H15NO2S. The first kappa shape index (κ1) is 9.32. The fourth-order valence-corrected chi connectivity index (χ4v) is 1.50. The van der Waals surface area contributed by atoms with Crippen LogP contribution in [0.4, 0.5) is 0 Å². The van der Waals surface area contributed by atoms with Crippen molar-refractivity contribution in [3.63, 3.8) is 0 Å². The lowest BCUT2D eigenvalue weighted by atomic mass is 10.2. The highest BCUT2D eigenvalue weighted by Gasteiger charge is 2.40. The zero-order chi connectivity index (χ0) is 8.43. The summed E-state index contributed by atoms with van der Waals surface area (Å²) < 4.78 is 5.25. The molecule has 1 saturated heterocycles. The molecule has 0 saturated carbocycles. The molecule has 0 spiro atoms. The molecule has 0 aromatic carbocycles. The fourth-order valence-electron chi connectivity index (χ4n) is 1.19. The topological polar surface area (TPSA) is 44.8 Å². The van der Waals surface area contributed by atoms with Crippen LogP contribution in [0.2, 0.25) is 0 Å². The van der Waals surface area contributed by atoms with Crippen molar-refractivity contribution in [3.05, 3.63) is 0 Å². The van der Waals surface area contributed by atoms with Gasteiger partial charge in [0.25, 0.3) is 0 Å². The number of epoxide rings is 1. The van der Waals surface area contributed by atoms with E-state index >= 15 is 0 Å². The van der Waals surface area contributed by atoms with Crippen LogP contribution in [-0.2, 0) is 4.74 Å². The lowest BCUT2D eigenvalue weighted by Crippen LogP contribution is -2.41. The van der Waals surface area contributed by atoms with Gasteiger partial charge in [-0.3, -0.25) is 5.32 Å². The maximum absolute atomic E-state index is 9.02. The smallest absolute Gasteiger partial charge is 0.102 e. The molecule has 66 valence electrons. The Morgan fingerprint density at radius 1 is 1.73 bits per heavy atom. The molecule has 0 radical (unpaired) electrons. The molecule has 3 nitrogen and oxygen atoms in total. The van der Waals surface area contributed by atoms with Gasteiger partial charge in [-0.2, -0.15) is 12.6 Å². The number of aliphatic hydroxyl groups is 1. The molecule has 4 unspecified atom stereocenters. The zero-order valence-corrected chi connectivity index (χ0v) is 7.71. The normalized spacial score (nSPS) is 34.9. The first-order valence-electron chi connectivity index (χ1n) is 3.85. The predicted molar refractivity (Wildman–Crippen MR) is 46.8 cm³/mol. The van der Waals surface area contributed by atoms with Crippen molar-refractivity contribution in [3.8, 4) is 0 Å². The lowest BCUT2D eigenvalue weighted by molar-refractivity contribution is 0.137. The number of rotatable bonds is 4. The lowest BCUT2D eigenvalue weighted by Gasteiger charge is -2.15. The van der Waals surface area contributed by atoms with Crippen LogP contribution in [0.15, 0.2) is 0 Å². The van der Waals surface area contributed by atoms with Crippen molar-refractivity contribution in [1.82, 2.24) is 5.32 Å². The van der Waals surface area contributed by atoms with E-state index in [1.54, 1.807) is 6.92 Å². The molecule has 2 N–H and O–H groups in total. The summed E-state index contributed by atoms with van der Waals surface area (Å²) in [7, 11) is 0. The van der Waals surface area contributed by atoms with Gasteiger partial charge in [0.2, 0.25) is 0 Å². The molecule has 0 aromatic rings. The monoisotopic (exact) mass is 177 g/mol. The Morgan fingerprint density at radius 2 is 2.27 bits per heavy atom. The Bertz CT molecular complexity index is 132. The van der Waals surface area contributed by atoms with Gasteiger partial charge in [0.1, 0.15) is 6.23 Å². The van der Waals surface area contributed by atoms with E-state index in [1.165, 1.54) is 0 Å². The minimum absolute atomic E-state index is 0.174. The van der Waals surface area contributed by atoms with E-state index in [2.05, 4.69) is 17.9 Å². The average Bonchev–Trinajstić information content (AvgIpc) is 2.61. The highest BCUT2D eigenvalue weighted by atomic mass is 32.1. The Labute approximate surface area is 72.5 Å². The van der Waals surface area contributed by atoms with Crippen LogP contribution in [0.1, 0.15) is 13.8 Å². The molecule has 1 heterocycles. The van der Waals surface area contributed by atoms with Crippen LogP contribution in [0.25, 0.3) is 0 Å². The average molecular weight is 177 g/mol. The van der Waals surface area contributed by atoms with Crippen LogP contribution in [0, 0.1) is 0 Å². The van der Waals surface area contributed by atoms with Gasteiger partial charge in [0.15, 0.2) is 0 Å². The first-order chi connectivity index (χ1) is 5.15. The minimum Gasteiger partial charge on any atom is -0.379 e. The van der Waals surface area contributed by atoms with Gasteiger partial charge in [0, 0.05) is 11.8 Å². The van der Waals surface area contributed by atoms with Crippen LogP contribution < -0.4 is 5.32 Å². The standard InChI is InChI=1S/C7H15NO2S/c1-4-7(10-4)6(3-11)8-5(2)9/h4-9,11H,3H2,1-2H3. The third-order valence-electron chi connectivity index (χ3n) is 1.81. The van der Waals surface area contributed by atoms with Gasteiger partial charge in [-0.15, -0.1) is 0 Å². The van der Waals surface area contributed by atoms with Crippen LogP contribution >= 0.6 is 12.6 Å². The second-order valence-corrected chi connectivity index (χ2v) is 3.30. The third kappa shape index (κ3) is 2.63. The van der Waals surface area contributed by atoms with Crippen LogP contribution in [0.3, 0.4) is 0 Å². The maximum Gasteiger partial charge on any atom is 0.102 e. The van der Waals surface area contributed by atoms with Gasteiger partial charge >= 0.3 is 0 Å². The second kappa shape index (κ2) is 3.76. The summed E-state index contributed by atoms with van der Waals surface area (Å²) in [5, 5.41) is 12.0. The molecule has 0 bridgehead atoms. The number of thiol groups is 1. The Morgan fingerprint density at radius 3 is 2.55 bits per heavy atom. The molecule has 1 fully saturated rings. The summed E-state index contributed by atoms with van der Waals surface area (Å²) in [6, 6.07) is 0.174. The van der Waals surface area contributed by atoms with Gasteiger partial charge < -0.3 is 9.84 Å². The molecule has 1 aliphatic rings. The second-order valence-electron chi connectivity index (χ2n) is 2.94. The van der Waals surface area contributed by atoms with E-state index < -0.39 is 6.23 Å². The summed E-state index contributed by atoms with van der Waals surface area (Å²) in [6.07, 6.45) is 0.0732. The molecule has 0 amide bonds. The van der Waals surface area contributed by atoms with Crippen LogP contribution in [0.5, 0.6) is 0 Å².